The van der Waals surface area contributed by atoms with Crippen LogP contribution in [0.15, 0.2) is 16.9 Å². The van der Waals surface area contributed by atoms with Crippen molar-refractivity contribution in [1.29, 1.82) is 0 Å². The van der Waals surface area contributed by atoms with E-state index in [1.54, 1.807) is 17.1 Å². The summed E-state index contributed by atoms with van der Waals surface area (Å²) in [5.74, 6) is 0.649. The molecular weight excluding hydrogens is 542 g/mol. The molecule has 4 aliphatic carbocycles. The summed E-state index contributed by atoms with van der Waals surface area (Å²) in [6.07, 6.45) is 9.50. The van der Waals surface area contributed by atoms with E-state index in [0.717, 1.165) is 38.5 Å². The molecule has 200 valence electrons. The van der Waals surface area contributed by atoms with E-state index in [-0.39, 0.29) is 34.3 Å². The minimum Gasteiger partial charge on any atom is -0.358 e. The quantitative estimate of drug-likeness (QED) is 0.334. The average molecular weight is 576 g/mol. The summed E-state index contributed by atoms with van der Waals surface area (Å²) in [4.78, 5) is 37.2. The number of nitrogens with one attached hydrogen (secondary N) is 2. The van der Waals surface area contributed by atoms with Crippen molar-refractivity contribution in [3.05, 3.63) is 32.7 Å². The topological polar surface area (TPSA) is 137 Å². The highest BCUT2D eigenvalue weighted by atomic mass is 79.9. The number of nitrogens with zero attached hydrogens (tertiary/aromatic N) is 5. The van der Waals surface area contributed by atoms with Gasteiger partial charge in [0.25, 0.3) is 5.91 Å². The van der Waals surface area contributed by atoms with Gasteiger partial charge in [-0.25, -0.2) is 0 Å². The Morgan fingerprint density at radius 1 is 1.22 bits per heavy atom. The van der Waals surface area contributed by atoms with E-state index < -0.39 is 4.92 Å². The SMILES string of the molecule is CCn1cc(NC(=O)CC23CC4CC(C2)CC(n2cc(Br)c([N+](=O)[O-])n2)(C4)C3)c(C(=O)NCC(C)C)n1. The van der Waals surface area contributed by atoms with E-state index in [1.165, 1.54) is 0 Å². The lowest BCUT2D eigenvalue weighted by Crippen LogP contribution is -2.57. The number of hydrogen-bond acceptors (Lipinski definition) is 6. The van der Waals surface area contributed by atoms with E-state index >= 15 is 0 Å². The van der Waals surface area contributed by atoms with Gasteiger partial charge in [0.2, 0.25) is 5.91 Å². The summed E-state index contributed by atoms with van der Waals surface area (Å²) >= 11 is 3.30. The maximum absolute atomic E-state index is 13.4. The molecule has 0 radical (unpaired) electrons. The molecule has 4 fully saturated rings. The molecule has 4 bridgehead atoms. The van der Waals surface area contributed by atoms with Gasteiger partial charge in [-0.05, 0) is 89.5 Å². The highest BCUT2D eigenvalue weighted by Crippen LogP contribution is 2.65. The van der Waals surface area contributed by atoms with Gasteiger partial charge in [0.1, 0.15) is 4.47 Å². The number of halogens is 1. The van der Waals surface area contributed by atoms with Gasteiger partial charge < -0.3 is 20.7 Å². The van der Waals surface area contributed by atoms with Crippen molar-refractivity contribution in [3.63, 3.8) is 0 Å². The van der Waals surface area contributed by atoms with Crippen LogP contribution >= 0.6 is 15.9 Å². The van der Waals surface area contributed by atoms with Gasteiger partial charge >= 0.3 is 5.82 Å². The second-order valence-corrected chi connectivity index (χ2v) is 12.6. The zero-order chi connectivity index (χ0) is 26.5. The molecule has 4 saturated carbocycles. The van der Waals surface area contributed by atoms with Crippen LogP contribution in [0.2, 0.25) is 0 Å². The lowest BCUT2D eigenvalue weighted by Gasteiger charge is -2.61. The van der Waals surface area contributed by atoms with E-state index in [0.29, 0.717) is 47.4 Å². The van der Waals surface area contributed by atoms with Crippen LogP contribution in [0.5, 0.6) is 0 Å². The van der Waals surface area contributed by atoms with Crippen molar-refractivity contribution < 1.29 is 14.5 Å². The second-order valence-electron chi connectivity index (χ2n) is 11.8. The van der Waals surface area contributed by atoms with Crippen LogP contribution in [0.4, 0.5) is 11.5 Å². The molecule has 37 heavy (non-hydrogen) atoms. The van der Waals surface area contributed by atoms with Crippen molar-refractivity contribution in [2.45, 2.75) is 77.8 Å². The summed E-state index contributed by atoms with van der Waals surface area (Å²) in [7, 11) is 0. The third-order valence-corrected chi connectivity index (χ3v) is 8.80. The van der Waals surface area contributed by atoms with Crippen molar-refractivity contribution in [3.8, 4) is 0 Å². The second kappa shape index (κ2) is 9.52. The fourth-order valence-electron chi connectivity index (χ4n) is 7.35. The molecule has 12 heteroatoms. The van der Waals surface area contributed by atoms with Gasteiger partial charge in [0.05, 0.1) is 22.5 Å². The molecule has 0 saturated heterocycles. The van der Waals surface area contributed by atoms with E-state index in [4.69, 9.17) is 0 Å². The molecule has 4 aliphatic rings. The van der Waals surface area contributed by atoms with Gasteiger partial charge in [0, 0.05) is 25.7 Å². The Hall–Kier alpha value is -2.76. The largest absolute Gasteiger partial charge is 0.404 e. The van der Waals surface area contributed by atoms with E-state index in [9.17, 15) is 19.7 Å². The van der Waals surface area contributed by atoms with Crippen LogP contribution in [0, 0.1) is 33.3 Å². The summed E-state index contributed by atoms with van der Waals surface area (Å²) < 4.78 is 3.85. The smallest absolute Gasteiger partial charge is 0.358 e. The minimum absolute atomic E-state index is 0.127. The molecular formula is C25H34BrN7O4. The predicted octanol–water partition coefficient (Wildman–Crippen LogP) is 4.48. The van der Waals surface area contributed by atoms with Gasteiger partial charge in [0.15, 0.2) is 5.69 Å². The normalized spacial score (nSPS) is 28.0. The van der Waals surface area contributed by atoms with Gasteiger partial charge in [-0.1, -0.05) is 13.8 Å². The first-order chi connectivity index (χ1) is 17.5. The van der Waals surface area contributed by atoms with Crippen molar-refractivity contribution >= 4 is 39.2 Å². The number of carbonyl (C=O) groups is 2. The van der Waals surface area contributed by atoms with Crippen molar-refractivity contribution in [2.75, 3.05) is 11.9 Å². The van der Waals surface area contributed by atoms with Crippen LogP contribution in [-0.4, -0.2) is 42.8 Å². The number of rotatable bonds is 9. The third kappa shape index (κ3) is 4.92. The average Bonchev–Trinajstić information content (AvgIpc) is 3.40. The fraction of sp³-hybridized carbons (Fsp3) is 0.680. The molecule has 2 atom stereocenters. The molecule has 2 aromatic heterocycles. The fourth-order valence-corrected chi connectivity index (χ4v) is 7.76. The molecule has 6 rings (SSSR count). The Morgan fingerprint density at radius 3 is 2.51 bits per heavy atom. The first-order valence-corrected chi connectivity index (χ1v) is 13.9. The van der Waals surface area contributed by atoms with Gasteiger partial charge in [-0.3, -0.25) is 14.3 Å². The summed E-state index contributed by atoms with van der Waals surface area (Å²) in [5.41, 5.74) is 0.156. The number of nitro groups is 1. The Kier molecular flexibility index (Phi) is 6.66. The lowest BCUT2D eigenvalue weighted by atomic mass is 9.46. The number of carbonyl (C=O) groups excluding carboxylic acids is 2. The highest BCUT2D eigenvalue weighted by molar-refractivity contribution is 9.10. The Bertz CT molecular complexity index is 1220. The molecule has 11 nitrogen and oxygen atoms in total. The molecule has 2 aromatic rings. The maximum Gasteiger partial charge on any atom is 0.404 e. The van der Waals surface area contributed by atoms with Crippen molar-refractivity contribution in [1.82, 2.24) is 24.9 Å². The number of aryl methyl sites for hydroxylation is 1. The van der Waals surface area contributed by atoms with Gasteiger partial charge in [-0.2, -0.15) is 9.78 Å². The van der Waals surface area contributed by atoms with E-state index in [2.05, 4.69) is 36.8 Å². The molecule has 2 N–H and O–H groups in total. The standard InChI is InChI=1S/C25H34BrN7O4/c1-4-31-13-19(21(29-31)23(35)27-11-15(2)3)28-20(34)10-24-6-16-5-17(7-24)9-25(8-16,14-24)32-12-18(26)22(30-32)33(36)37/h12-13,15-17H,4-11,14H2,1-3H3,(H,27,35)(H,28,34). The van der Waals surface area contributed by atoms with Crippen LogP contribution in [0.1, 0.15) is 76.2 Å². The zero-order valence-corrected chi connectivity index (χ0v) is 23.1. The number of aromatic nitrogens is 4. The van der Waals surface area contributed by atoms with Gasteiger partial charge in [-0.15, -0.1) is 0 Å². The maximum atomic E-state index is 13.4. The summed E-state index contributed by atoms with van der Waals surface area (Å²) in [6.45, 7) is 7.09. The molecule has 0 aromatic carbocycles. The highest BCUT2D eigenvalue weighted by Gasteiger charge is 2.60. The molecule has 0 aliphatic heterocycles. The first kappa shape index (κ1) is 25.9. The van der Waals surface area contributed by atoms with Crippen LogP contribution < -0.4 is 10.6 Å². The number of amides is 2. The molecule has 2 unspecified atom stereocenters. The molecule has 0 spiro atoms. The van der Waals surface area contributed by atoms with E-state index in [1.807, 2.05) is 25.5 Å². The Morgan fingerprint density at radius 2 is 1.92 bits per heavy atom. The Labute approximate surface area is 224 Å². The number of anilines is 1. The molecule has 2 heterocycles. The minimum atomic E-state index is -0.463. The monoisotopic (exact) mass is 575 g/mol. The van der Waals surface area contributed by atoms with Crippen LogP contribution in [-0.2, 0) is 16.9 Å². The van der Waals surface area contributed by atoms with Crippen LogP contribution in [0.25, 0.3) is 0 Å². The first-order valence-electron chi connectivity index (χ1n) is 13.1. The third-order valence-electron chi connectivity index (χ3n) is 8.24. The lowest BCUT2D eigenvalue weighted by molar-refractivity contribution is -0.390. The molecule has 2 amide bonds. The van der Waals surface area contributed by atoms with Crippen LogP contribution in [0.3, 0.4) is 0 Å². The zero-order valence-electron chi connectivity index (χ0n) is 21.5. The summed E-state index contributed by atoms with van der Waals surface area (Å²) in [5, 5.41) is 26.0. The Balaban J connectivity index is 1.35. The van der Waals surface area contributed by atoms with Crippen molar-refractivity contribution in [2.24, 2.45) is 23.2 Å². The number of hydrogen-bond donors (Lipinski definition) is 2. The predicted molar refractivity (Wildman–Crippen MR) is 140 cm³/mol. The summed E-state index contributed by atoms with van der Waals surface area (Å²) in [6, 6.07) is 0.